The highest BCUT2D eigenvalue weighted by Gasteiger charge is 2.42. The topological polar surface area (TPSA) is 99.1 Å². The smallest absolute Gasteiger partial charge is 0.296 e. The predicted octanol–water partition coefficient (Wildman–Crippen LogP) is 13.3. The molecule has 2 fully saturated rings. The van der Waals surface area contributed by atoms with Crippen LogP contribution in [0.2, 0.25) is 0 Å². The van der Waals surface area contributed by atoms with Crippen LogP contribution in [0.3, 0.4) is 0 Å². The second kappa shape index (κ2) is 25.9. The van der Waals surface area contributed by atoms with Crippen molar-refractivity contribution >= 4 is 10.1 Å². The Hall–Kier alpha value is -5.71. The van der Waals surface area contributed by atoms with E-state index in [9.17, 15) is 18.6 Å². The second-order valence-corrected chi connectivity index (χ2v) is 24.2. The molecule has 0 saturated carbocycles. The lowest BCUT2D eigenvalue weighted by Gasteiger charge is -2.42. The van der Waals surface area contributed by atoms with Crippen LogP contribution in [0.25, 0.3) is 0 Å². The van der Waals surface area contributed by atoms with Crippen molar-refractivity contribution in [2.24, 2.45) is 11.8 Å². The van der Waals surface area contributed by atoms with Crippen LogP contribution in [0, 0.1) is 18.8 Å². The van der Waals surface area contributed by atoms with E-state index in [1.165, 1.54) is 16.7 Å². The molecule has 3 N–H and O–H groups in total. The minimum absolute atomic E-state index is 0.0203. The van der Waals surface area contributed by atoms with E-state index in [4.69, 9.17) is 4.18 Å². The van der Waals surface area contributed by atoms with Gasteiger partial charge in [0, 0.05) is 6.54 Å². The summed E-state index contributed by atoms with van der Waals surface area (Å²) >= 11 is 0. The van der Waals surface area contributed by atoms with Gasteiger partial charge in [-0.05, 0) is 151 Å². The summed E-state index contributed by atoms with van der Waals surface area (Å²) in [4.78, 5) is 2.78. The molecule has 396 valence electrons. The number of hydrogen-bond donors (Lipinski definition) is 3. The van der Waals surface area contributed by atoms with Gasteiger partial charge < -0.3 is 20.4 Å². The average molecular weight is 1030 g/mol. The van der Waals surface area contributed by atoms with Gasteiger partial charge in [0.1, 0.15) is 11.2 Å². The van der Waals surface area contributed by atoms with E-state index in [1.807, 2.05) is 122 Å². The maximum absolute atomic E-state index is 12.2. The van der Waals surface area contributed by atoms with Crippen LogP contribution >= 0.6 is 0 Å². The highest BCUT2D eigenvalue weighted by atomic mass is 32.2. The summed E-state index contributed by atoms with van der Waals surface area (Å²) in [7, 11) is -3.70. The van der Waals surface area contributed by atoms with Crippen molar-refractivity contribution in [1.29, 1.82) is 0 Å². The molecule has 9 rings (SSSR count). The summed E-state index contributed by atoms with van der Waals surface area (Å²) in [6.45, 7) is 20.5. The summed E-state index contributed by atoms with van der Waals surface area (Å²) < 4.78 is 29.6. The van der Waals surface area contributed by atoms with Gasteiger partial charge in [0.15, 0.2) is 0 Å². The Balaban J connectivity index is 0.000000170. The largest absolute Gasteiger partial charge is 0.380 e. The zero-order valence-electron chi connectivity index (χ0n) is 45.6. The van der Waals surface area contributed by atoms with Crippen molar-refractivity contribution in [3.8, 4) is 0 Å². The second-order valence-electron chi connectivity index (χ2n) is 22.5. The van der Waals surface area contributed by atoms with Crippen LogP contribution < -0.4 is 5.32 Å². The Kier molecular flexibility index (Phi) is 19.7. The molecule has 0 aromatic heterocycles. The van der Waals surface area contributed by atoms with Gasteiger partial charge in [-0.1, -0.05) is 229 Å². The molecule has 0 atom stereocenters. The Morgan fingerprint density at radius 2 is 0.853 bits per heavy atom. The fourth-order valence-electron chi connectivity index (χ4n) is 11.1. The van der Waals surface area contributed by atoms with E-state index in [0.717, 1.165) is 98.2 Å². The highest BCUT2D eigenvalue weighted by Crippen LogP contribution is 2.43. The molecule has 0 bridgehead atoms. The lowest BCUT2D eigenvalue weighted by atomic mass is 9.72. The third-order valence-corrected chi connectivity index (χ3v) is 16.6. The lowest BCUT2D eigenvalue weighted by molar-refractivity contribution is -0.0140. The number of nitrogens with zero attached hydrogens (tertiary/aromatic N) is 1. The van der Waals surface area contributed by atoms with Gasteiger partial charge in [-0.2, -0.15) is 8.42 Å². The van der Waals surface area contributed by atoms with Crippen molar-refractivity contribution in [3.05, 3.63) is 244 Å². The molecule has 7 aromatic carbocycles. The van der Waals surface area contributed by atoms with Crippen LogP contribution in [0.15, 0.2) is 199 Å². The quantitative estimate of drug-likeness (QED) is 0.0933. The first-order valence-corrected chi connectivity index (χ1v) is 28.5. The Bertz CT molecular complexity index is 2820. The molecular weight excluding hydrogens is 945 g/mol. The third-order valence-electron chi connectivity index (χ3n) is 15.2. The summed E-state index contributed by atoms with van der Waals surface area (Å²) in [6, 6.07) is 64.3. The van der Waals surface area contributed by atoms with Gasteiger partial charge in [-0.15, -0.1) is 0 Å². The number of likely N-dealkylation sites (tertiary alicyclic amines) is 1. The zero-order chi connectivity index (χ0) is 53.5. The summed E-state index contributed by atoms with van der Waals surface area (Å²) in [5.74, 6) is 0.471. The fraction of sp³-hybridized carbons (Fsp3) is 0.373. The molecule has 75 heavy (non-hydrogen) atoms. The fourth-order valence-corrected chi connectivity index (χ4v) is 12.0. The number of aryl methyl sites for hydroxylation is 1. The summed E-state index contributed by atoms with van der Waals surface area (Å²) in [5, 5.41) is 27.0. The van der Waals surface area contributed by atoms with Gasteiger partial charge in [0.2, 0.25) is 0 Å². The molecule has 7 aromatic rings. The third kappa shape index (κ3) is 14.8. The molecule has 0 radical (unpaired) electrons. The predicted molar refractivity (Wildman–Crippen MR) is 309 cm³/mol. The average Bonchev–Trinajstić information content (AvgIpc) is 3.43. The SMILES string of the molecule is CC(C)(C)c1ccccc1CCN1CCC(C(O)(c2ccccc2)c2ccccc2)CC1.Cc1ccc(S(=O)(=O)OCCc2ccccc2C(C)(C)C)cc1.OC(c1ccccc1)(c1ccccc1)C1CCNCC1. The molecule has 2 saturated heterocycles. The molecule has 8 heteroatoms. The molecule has 0 amide bonds. The van der Waals surface area contributed by atoms with E-state index < -0.39 is 21.3 Å². The number of benzene rings is 7. The molecule has 2 heterocycles. The number of rotatable bonds is 14. The molecular formula is C67H82N2O5S. The van der Waals surface area contributed by atoms with E-state index in [0.29, 0.717) is 6.42 Å². The Labute approximate surface area is 450 Å². The molecule has 2 aliphatic rings. The van der Waals surface area contributed by atoms with Crippen molar-refractivity contribution in [2.75, 3.05) is 39.3 Å². The van der Waals surface area contributed by atoms with Crippen LogP contribution in [0.1, 0.15) is 117 Å². The minimum atomic E-state index is -3.70. The Morgan fingerprint density at radius 3 is 1.25 bits per heavy atom. The molecule has 7 nitrogen and oxygen atoms in total. The maximum atomic E-state index is 12.2. The summed E-state index contributed by atoms with van der Waals surface area (Å²) in [6.07, 6.45) is 5.65. The maximum Gasteiger partial charge on any atom is 0.296 e. The van der Waals surface area contributed by atoms with Gasteiger partial charge in [-0.3, -0.25) is 4.18 Å². The number of hydrogen-bond acceptors (Lipinski definition) is 7. The van der Waals surface area contributed by atoms with Gasteiger partial charge in [0.05, 0.1) is 11.5 Å². The summed E-state index contributed by atoms with van der Waals surface area (Å²) in [5.41, 5.74) is 8.66. The van der Waals surface area contributed by atoms with E-state index >= 15 is 0 Å². The van der Waals surface area contributed by atoms with E-state index in [1.54, 1.807) is 24.3 Å². The van der Waals surface area contributed by atoms with E-state index in [-0.39, 0.29) is 34.2 Å². The van der Waals surface area contributed by atoms with Crippen molar-refractivity contribution in [1.82, 2.24) is 10.2 Å². The normalized spacial score (nSPS) is 15.3. The first-order valence-electron chi connectivity index (χ1n) is 27.1. The molecule has 2 aliphatic heterocycles. The molecule has 0 aliphatic carbocycles. The van der Waals surface area contributed by atoms with Gasteiger partial charge >= 0.3 is 0 Å². The van der Waals surface area contributed by atoms with Crippen LogP contribution in [0.4, 0.5) is 0 Å². The van der Waals surface area contributed by atoms with E-state index in [2.05, 4.69) is 106 Å². The first kappa shape index (κ1) is 57.0. The molecule has 0 unspecified atom stereocenters. The first-order chi connectivity index (χ1) is 35.9. The van der Waals surface area contributed by atoms with Crippen LogP contribution in [0.5, 0.6) is 0 Å². The monoisotopic (exact) mass is 1030 g/mol. The van der Waals surface area contributed by atoms with Gasteiger partial charge in [-0.25, -0.2) is 0 Å². The highest BCUT2D eigenvalue weighted by molar-refractivity contribution is 7.86. The van der Waals surface area contributed by atoms with Crippen molar-refractivity contribution in [3.63, 3.8) is 0 Å². The standard InChI is InChI=1S/C30H37NO.C19H24O3S.C18H21NO/c1-29(2,3)28-17-11-10-12-24(28)18-21-31-22-19-27(20-23-31)30(32,25-13-6-4-7-14-25)26-15-8-5-9-16-26;1-15-9-11-17(12-10-15)23(20,21)22-14-13-16-7-5-6-8-18(16)19(2,3)4;20-18(15-7-3-1-4-8-15,16-9-5-2-6-10-16)17-11-13-19-14-12-17/h4-17,27,32H,18-23H2,1-3H3;5-12H,13-14H2,1-4H3;1-10,17,19-20H,11-14H2. The number of aliphatic hydroxyl groups is 2. The van der Waals surface area contributed by atoms with Crippen LogP contribution in [-0.4, -0.2) is 62.9 Å². The van der Waals surface area contributed by atoms with Gasteiger partial charge in [0.25, 0.3) is 10.1 Å². The molecule has 0 spiro atoms. The van der Waals surface area contributed by atoms with Crippen molar-refractivity contribution < 1.29 is 22.8 Å². The van der Waals surface area contributed by atoms with Crippen LogP contribution in [-0.2, 0) is 49.2 Å². The van der Waals surface area contributed by atoms with Crippen molar-refractivity contribution in [2.45, 2.75) is 114 Å². The number of piperidine rings is 2. The Morgan fingerprint density at radius 1 is 0.493 bits per heavy atom. The zero-order valence-corrected chi connectivity index (χ0v) is 46.4. The minimum Gasteiger partial charge on any atom is -0.380 e. The number of nitrogens with one attached hydrogen (secondary N) is 1. The lowest BCUT2D eigenvalue weighted by Crippen LogP contribution is -2.44.